The monoisotopic (exact) mass is 855 g/mol. The third-order valence-electron chi connectivity index (χ3n) is 14.1. The van der Waals surface area contributed by atoms with Crippen LogP contribution in [0.5, 0.6) is 11.5 Å². The summed E-state index contributed by atoms with van der Waals surface area (Å²) in [7, 11) is 0. The Kier molecular flexibility index (Phi) is 24.0. The first-order chi connectivity index (χ1) is 30.6. The fourth-order valence-electron chi connectivity index (χ4n) is 10.2. The van der Waals surface area contributed by atoms with Crippen molar-refractivity contribution in [3.63, 3.8) is 0 Å². The number of fused-ring (bicyclic) bond motifs is 2. The molecule has 0 aromatic heterocycles. The van der Waals surface area contributed by atoms with E-state index in [0.717, 1.165) is 70.6 Å². The van der Waals surface area contributed by atoms with Crippen molar-refractivity contribution in [1.29, 1.82) is 0 Å². The number of benzene rings is 3. The maximum Gasteiger partial charge on any atom is 0.309 e. The van der Waals surface area contributed by atoms with Crippen LogP contribution in [0.2, 0.25) is 0 Å². The Balaban J connectivity index is 0.977. The predicted octanol–water partition coefficient (Wildman–Crippen LogP) is 16.4. The average Bonchev–Trinajstić information content (AvgIpc) is 3.29. The van der Waals surface area contributed by atoms with E-state index in [1.165, 1.54) is 167 Å². The van der Waals surface area contributed by atoms with Crippen molar-refractivity contribution in [3.8, 4) is 11.5 Å². The summed E-state index contributed by atoms with van der Waals surface area (Å²) in [5.41, 5.74) is 0. The van der Waals surface area contributed by atoms with E-state index in [2.05, 4.69) is 13.8 Å². The number of carbonyl (C=O) groups excluding carboxylic acids is 2. The van der Waals surface area contributed by atoms with Gasteiger partial charge in [-0.2, -0.15) is 0 Å². The standard InChI is InChI=1S/C56H86O6/c1-3-5-7-9-11-13-15-17-19-21-27-45-33-37-47(38-34-45)61-53(57)41-43-59-55-49-29-23-25-31-51(49)56(52-32-26-24-30-50(52)55)60-44-42-54(58)62-48-39-35-46(36-40-48)28-22-20-18-16-14-12-10-8-6-4-2/h23-26,29-32,45-48H,3-22,27-28,33-44H2,1-2H3. The number of carbonyl (C=O) groups is 2. The largest absolute Gasteiger partial charge is 0.492 e. The normalized spacial score (nSPS) is 19.1. The zero-order chi connectivity index (χ0) is 43.5. The third kappa shape index (κ3) is 18.1. The Morgan fingerprint density at radius 2 is 0.710 bits per heavy atom. The Labute approximate surface area is 377 Å². The molecule has 0 saturated heterocycles. The highest BCUT2D eigenvalue weighted by atomic mass is 16.6. The van der Waals surface area contributed by atoms with Gasteiger partial charge in [-0.15, -0.1) is 0 Å². The molecule has 62 heavy (non-hydrogen) atoms. The molecule has 0 N–H and O–H groups in total. The van der Waals surface area contributed by atoms with Crippen LogP contribution in [0.15, 0.2) is 48.5 Å². The second-order valence-corrected chi connectivity index (χ2v) is 19.2. The van der Waals surface area contributed by atoms with Gasteiger partial charge in [0, 0.05) is 21.5 Å². The van der Waals surface area contributed by atoms with Crippen molar-refractivity contribution in [2.45, 2.75) is 232 Å². The van der Waals surface area contributed by atoms with Gasteiger partial charge < -0.3 is 18.9 Å². The summed E-state index contributed by atoms with van der Waals surface area (Å²) in [6, 6.07) is 16.1. The van der Waals surface area contributed by atoms with E-state index in [1.807, 2.05) is 48.5 Å². The molecule has 2 saturated carbocycles. The molecule has 0 amide bonds. The molecule has 2 aliphatic rings. The lowest BCUT2D eigenvalue weighted by atomic mass is 9.84. The molecular weight excluding hydrogens is 769 g/mol. The molecule has 3 aromatic carbocycles. The zero-order valence-corrected chi connectivity index (χ0v) is 39.4. The van der Waals surface area contributed by atoms with Crippen LogP contribution in [0.4, 0.5) is 0 Å². The van der Waals surface area contributed by atoms with Crippen molar-refractivity contribution in [3.05, 3.63) is 48.5 Å². The molecule has 0 aliphatic heterocycles. The van der Waals surface area contributed by atoms with Gasteiger partial charge in [0.05, 0.1) is 26.1 Å². The summed E-state index contributed by atoms with van der Waals surface area (Å²) < 4.78 is 24.8. The first-order valence-electron chi connectivity index (χ1n) is 26.1. The molecular formula is C56H86O6. The Morgan fingerprint density at radius 3 is 1.02 bits per heavy atom. The van der Waals surface area contributed by atoms with Crippen molar-refractivity contribution in [2.24, 2.45) is 11.8 Å². The van der Waals surface area contributed by atoms with Crippen molar-refractivity contribution in [2.75, 3.05) is 13.2 Å². The molecule has 6 heteroatoms. The van der Waals surface area contributed by atoms with Gasteiger partial charge in [-0.05, 0) is 63.2 Å². The van der Waals surface area contributed by atoms with Gasteiger partial charge >= 0.3 is 11.9 Å². The maximum atomic E-state index is 13.0. The minimum absolute atomic E-state index is 0.0286. The minimum Gasteiger partial charge on any atom is -0.492 e. The third-order valence-corrected chi connectivity index (χ3v) is 14.1. The Morgan fingerprint density at radius 1 is 0.419 bits per heavy atom. The van der Waals surface area contributed by atoms with E-state index < -0.39 is 0 Å². The number of unbranched alkanes of at least 4 members (excludes halogenated alkanes) is 18. The first kappa shape index (κ1) is 49.7. The summed E-state index contributed by atoms with van der Waals surface area (Å²) in [6.45, 7) is 5.05. The van der Waals surface area contributed by atoms with E-state index in [0.29, 0.717) is 0 Å². The number of rotatable bonds is 32. The fraction of sp³-hybridized carbons (Fsp3) is 0.714. The van der Waals surface area contributed by atoms with Crippen LogP contribution in [0.25, 0.3) is 21.5 Å². The van der Waals surface area contributed by atoms with Gasteiger partial charge in [-0.25, -0.2) is 0 Å². The Hall–Kier alpha value is -3.28. The van der Waals surface area contributed by atoms with E-state index in [-0.39, 0.29) is 50.2 Å². The number of esters is 2. The van der Waals surface area contributed by atoms with E-state index >= 15 is 0 Å². The second-order valence-electron chi connectivity index (χ2n) is 19.2. The minimum atomic E-state index is -0.180. The van der Waals surface area contributed by atoms with E-state index in [9.17, 15) is 9.59 Å². The summed E-state index contributed by atoms with van der Waals surface area (Å²) in [5.74, 6) is 2.69. The van der Waals surface area contributed by atoms with Gasteiger partial charge in [-0.3, -0.25) is 9.59 Å². The molecule has 346 valence electrons. The van der Waals surface area contributed by atoms with Crippen molar-refractivity contribution >= 4 is 33.5 Å². The van der Waals surface area contributed by atoms with Crippen LogP contribution in [0.3, 0.4) is 0 Å². The summed E-state index contributed by atoms with van der Waals surface area (Å²) in [5, 5.41) is 3.69. The number of ether oxygens (including phenoxy) is 4. The highest BCUT2D eigenvalue weighted by Gasteiger charge is 2.25. The van der Waals surface area contributed by atoms with Crippen LogP contribution in [-0.2, 0) is 19.1 Å². The summed E-state index contributed by atoms with van der Waals surface area (Å²) >= 11 is 0. The number of hydrogen-bond acceptors (Lipinski definition) is 6. The molecule has 0 unspecified atom stereocenters. The maximum absolute atomic E-state index is 13.0. The van der Waals surface area contributed by atoms with E-state index in [1.54, 1.807) is 0 Å². The molecule has 3 aromatic rings. The molecule has 0 spiro atoms. The molecule has 0 atom stereocenters. The molecule has 2 fully saturated rings. The van der Waals surface area contributed by atoms with Crippen LogP contribution in [-0.4, -0.2) is 37.4 Å². The van der Waals surface area contributed by atoms with Crippen molar-refractivity contribution < 1.29 is 28.5 Å². The second kappa shape index (κ2) is 30.0. The van der Waals surface area contributed by atoms with Crippen molar-refractivity contribution in [1.82, 2.24) is 0 Å². The molecule has 6 nitrogen and oxygen atoms in total. The number of hydrogen-bond donors (Lipinski definition) is 0. The fourth-order valence-corrected chi connectivity index (χ4v) is 10.2. The highest BCUT2D eigenvalue weighted by Crippen LogP contribution is 2.43. The molecule has 0 heterocycles. The van der Waals surface area contributed by atoms with Gasteiger partial charge in [-0.1, -0.05) is 204 Å². The van der Waals surface area contributed by atoms with Gasteiger partial charge in [0.25, 0.3) is 0 Å². The lowest BCUT2D eigenvalue weighted by Crippen LogP contribution is -2.25. The lowest BCUT2D eigenvalue weighted by molar-refractivity contribution is -0.152. The molecule has 0 bridgehead atoms. The highest BCUT2D eigenvalue weighted by molar-refractivity contribution is 6.11. The predicted molar refractivity (Wildman–Crippen MR) is 258 cm³/mol. The van der Waals surface area contributed by atoms with Gasteiger partial charge in [0.1, 0.15) is 23.7 Å². The SMILES string of the molecule is CCCCCCCCCCCCC1CCC(OC(=O)CCOc2c3ccccc3c(OCCC(=O)OC3CCC(CCCCCCCCCCCC)CC3)c3ccccc23)CC1. The lowest BCUT2D eigenvalue weighted by Gasteiger charge is -2.28. The van der Waals surface area contributed by atoms with E-state index in [4.69, 9.17) is 18.9 Å². The molecule has 5 rings (SSSR count). The summed E-state index contributed by atoms with van der Waals surface area (Å²) in [6.07, 6.45) is 39.3. The van der Waals surface area contributed by atoms with Crippen LogP contribution in [0.1, 0.15) is 219 Å². The molecule has 0 radical (unpaired) electrons. The average molecular weight is 855 g/mol. The zero-order valence-electron chi connectivity index (χ0n) is 39.4. The van der Waals surface area contributed by atoms with Crippen LogP contribution < -0.4 is 9.47 Å². The smallest absolute Gasteiger partial charge is 0.309 e. The topological polar surface area (TPSA) is 71.1 Å². The van der Waals surface area contributed by atoms with Crippen LogP contribution in [0, 0.1) is 11.8 Å². The summed E-state index contributed by atoms with van der Waals surface area (Å²) in [4.78, 5) is 26.0. The first-order valence-corrected chi connectivity index (χ1v) is 26.1. The quantitative estimate of drug-likeness (QED) is 0.0354. The van der Waals surface area contributed by atoms with Gasteiger partial charge in [0.2, 0.25) is 0 Å². The van der Waals surface area contributed by atoms with Gasteiger partial charge in [0.15, 0.2) is 0 Å². The van der Waals surface area contributed by atoms with Crippen LogP contribution >= 0.6 is 0 Å². The Bertz CT molecular complexity index is 1490. The molecule has 2 aliphatic carbocycles.